The molecular weight excluding hydrogens is 246 g/mol. The van der Waals surface area contributed by atoms with E-state index >= 15 is 0 Å². The topological polar surface area (TPSA) is 21.3 Å². The van der Waals surface area contributed by atoms with Crippen molar-refractivity contribution in [3.05, 3.63) is 29.8 Å². The van der Waals surface area contributed by atoms with Gasteiger partial charge in [-0.2, -0.15) is 0 Å². The summed E-state index contributed by atoms with van der Waals surface area (Å²) in [6.07, 6.45) is 7.42. The lowest BCUT2D eigenvalue weighted by Gasteiger charge is -2.18. The molecule has 114 valence electrons. The quantitative estimate of drug-likeness (QED) is 0.568. The molecule has 0 aliphatic carbocycles. The van der Waals surface area contributed by atoms with E-state index in [2.05, 4.69) is 50.4 Å². The summed E-state index contributed by atoms with van der Waals surface area (Å²) in [5, 5.41) is 3.59. The van der Waals surface area contributed by atoms with Crippen LogP contribution in [0.2, 0.25) is 0 Å². The Morgan fingerprint density at radius 3 is 2.25 bits per heavy atom. The Hall–Kier alpha value is -1.02. The van der Waals surface area contributed by atoms with Crippen molar-refractivity contribution in [2.45, 2.75) is 65.3 Å². The fraction of sp³-hybridized carbons (Fsp3) is 0.667. The molecule has 0 aliphatic heterocycles. The lowest BCUT2D eigenvalue weighted by atomic mass is 10.0. The van der Waals surface area contributed by atoms with Gasteiger partial charge < -0.3 is 10.1 Å². The van der Waals surface area contributed by atoms with E-state index in [0.717, 1.165) is 25.3 Å². The van der Waals surface area contributed by atoms with Gasteiger partial charge in [-0.1, -0.05) is 58.6 Å². The number of unbranched alkanes of at least 4 members (excludes halogenated alkanes) is 3. The van der Waals surface area contributed by atoms with Crippen LogP contribution in [-0.4, -0.2) is 13.2 Å². The predicted octanol–water partition coefficient (Wildman–Crippen LogP) is 5.10. The fourth-order valence-electron chi connectivity index (χ4n) is 2.36. The molecule has 1 N–H and O–H groups in total. The minimum Gasteiger partial charge on any atom is -0.494 e. The maximum absolute atomic E-state index is 5.72. The SMILES string of the molecule is CCCCCC(NCC)c1ccc(OCCCC)cc1. The van der Waals surface area contributed by atoms with Crippen molar-refractivity contribution in [2.75, 3.05) is 13.2 Å². The molecule has 0 fully saturated rings. The van der Waals surface area contributed by atoms with Gasteiger partial charge in [0, 0.05) is 6.04 Å². The summed E-state index contributed by atoms with van der Waals surface area (Å²) in [6, 6.07) is 9.11. The summed E-state index contributed by atoms with van der Waals surface area (Å²) in [4.78, 5) is 0. The fourth-order valence-corrected chi connectivity index (χ4v) is 2.36. The van der Waals surface area contributed by atoms with Gasteiger partial charge in [-0.05, 0) is 37.1 Å². The molecule has 0 saturated carbocycles. The van der Waals surface area contributed by atoms with E-state index in [0.29, 0.717) is 6.04 Å². The zero-order valence-electron chi connectivity index (χ0n) is 13.5. The molecule has 1 rings (SSSR count). The van der Waals surface area contributed by atoms with Gasteiger partial charge in [0.15, 0.2) is 0 Å². The van der Waals surface area contributed by atoms with Crippen molar-refractivity contribution in [1.82, 2.24) is 5.32 Å². The Morgan fingerprint density at radius 1 is 0.950 bits per heavy atom. The van der Waals surface area contributed by atoms with Crippen molar-refractivity contribution in [2.24, 2.45) is 0 Å². The third-order valence-corrected chi connectivity index (χ3v) is 3.60. The van der Waals surface area contributed by atoms with Crippen LogP contribution in [0.1, 0.15) is 70.9 Å². The van der Waals surface area contributed by atoms with Gasteiger partial charge in [-0.3, -0.25) is 0 Å². The van der Waals surface area contributed by atoms with Crippen LogP contribution in [0.4, 0.5) is 0 Å². The van der Waals surface area contributed by atoms with Gasteiger partial charge >= 0.3 is 0 Å². The van der Waals surface area contributed by atoms with Crippen LogP contribution in [0, 0.1) is 0 Å². The first kappa shape index (κ1) is 17.0. The number of benzene rings is 1. The lowest BCUT2D eigenvalue weighted by Crippen LogP contribution is -2.20. The third-order valence-electron chi connectivity index (χ3n) is 3.60. The number of rotatable bonds is 11. The van der Waals surface area contributed by atoms with E-state index in [4.69, 9.17) is 4.74 Å². The van der Waals surface area contributed by atoms with Gasteiger partial charge in [0.05, 0.1) is 6.61 Å². The Kier molecular flexibility index (Phi) is 9.14. The molecule has 0 saturated heterocycles. The second-order valence-corrected chi connectivity index (χ2v) is 5.38. The number of hydrogen-bond acceptors (Lipinski definition) is 2. The molecule has 1 aromatic rings. The first-order valence-electron chi connectivity index (χ1n) is 8.27. The molecule has 1 aromatic carbocycles. The van der Waals surface area contributed by atoms with E-state index in [1.807, 2.05) is 0 Å². The maximum atomic E-state index is 5.72. The summed E-state index contributed by atoms with van der Waals surface area (Å²) in [5.74, 6) is 0.992. The van der Waals surface area contributed by atoms with Crippen molar-refractivity contribution in [3.8, 4) is 5.75 Å². The van der Waals surface area contributed by atoms with Gasteiger partial charge in [0.25, 0.3) is 0 Å². The molecule has 1 unspecified atom stereocenters. The summed E-state index contributed by atoms with van der Waals surface area (Å²) >= 11 is 0. The highest BCUT2D eigenvalue weighted by atomic mass is 16.5. The smallest absolute Gasteiger partial charge is 0.119 e. The largest absolute Gasteiger partial charge is 0.494 e. The normalized spacial score (nSPS) is 12.3. The molecule has 0 bridgehead atoms. The second kappa shape index (κ2) is 10.7. The van der Waals surface area contributed by atoms with Crippen LogP contribution in [0.25, 0.3) is 0 Å². The van der Waals surface area contributed by atoms with Crippen molar-refractivity contribution < 1.29 is 4.74 Å². The Bertz CT molecular complexity index is 334. The number of hydrogen-bond donors (Lipinski definition) is 1. The zero-order valence-corrected chi connectivity index (χ0v) is 13.5. The van der Waals surface area contributed by atoms with Gasteiger partial charge in [0.2, 0.25) is 0 Å². The Balaban J connectivity index is 2.53. The highest BCUT2D eigenvalue weighted by molar-refractivity contribution is 5.29. The highest BCUT2D eigenvalue weighted by Gasteiger charge is 2.09. The van der Waals surface area contributed by atoms with Crippen LogP contribution < -0.4 is 10.1 Å². The molecule has 0 heterocycles. The molecular formula is C18H31NO. The second-order valence-electron chi connectivity index (χ2n) is 5.38. The van der Waals surface area contributed by atoms with Crippen LogP contribution >= 0.6 is 0 Å². The third kappa shape index (κ3) is 6.42. The van der Waals surface area contributed by atoms with E-state index in [1.165, 1.54) is 37.7 Å². The first-order chi connectivity index (χ1) is 9.81. The van der Waals surface area contributed by atoms with E-state index < -0.39 is 0 Å². The van der Waals surface area contributed by atoms with Crippen molar-refractivity contribution in [1.29, 1.82) is 0 Å². The average molecular weight is 277 g/mol. The molecule has 2 nitrogen and oxygen atoms in total. The van der Waals surface area contributed by atoms with Crippen molar-refractivity contribution >= 4 is 0 Å². The lowest BCUT2D eigenvalue weighted by molar-refractivity contribution is 0.309. The molecule has 0 spiro atoms. The zero-order chi connectivity index (χ0) is 14.6. The van der Waals surface area contributed by atoms with Crippen molar-refractivity contribution in [3.63, 3.8) is 0 Å². The Labute approximate surface area is 124 Å². The molecule has 0 aliphatic rings. The molecule has 0 amide bonds. The van der Waals surface area contributed by atoms with Crippen LogP contribution in [0.15, 0.2) is 24.3 Å². The summed E-state index contributed by atoms with van der Waals surface area (Å²) in [7, 11) is 0. The van der Waals surface area contributed by atoms with Gasteiger partial charge in [0.1, 0.15) is 5.75 Å². The summed E-state index contributed by atoms with van der Waals surface area (Å²) in [6.45, 7) is 8.46. The Morgan fingerprint density at radius 2 is 1.65 bits per heavy atom. The highest BCUT2D eigenvalue weighted by Crippen LogP contribution is 2.22. The number of nitrogens with one attached hydrogen (secondary N) is 1. The molecule has 0 radical (unpaired) electrons. The van der Waals surface area contributed by atoms with Crippen LogP contribution in [0.5, 0.6) is 5.75 Å². The first-order valence-corrected chi connectivity index (χ1v) is 8.27. The molecule has 20 heavy (non-hydrogen) atoms. The minimum absolute atomic E-state index is 0.483. The maximum Gasteiger partial charge on any atom is 0.119 e. The molecule has 2 heteroatoms. The average Bonchev–Trinajstić information content (AvgIpc) is 2.48. The summed E-state index contributed by atoms with van der Waals surface area (Å²) in [5.41, 5.74) is 1.38. The van der Waals surface area contributed by atoms with E-state index in [9.17, 15) is 0 Å². The molecule has 1 atom stereocenters. The van der Waals surface area contributed by atoms with E-state index in [1.54, 1.807) is 0 Å². The van der Waals surface area contributed by atoms with Crippen LogP contribution in [-0.2, 0) is 0 Å². The van der Waals surface area contributed by atoms with Gasteiger partial charge in [-0.25, -0.2) is 0 Å². The monoisotopic (exact) mass is 277 g/mol. The van der Waals surface area contributed by atoms with E-state index in [-0.39, 0.29) is 0 Å². The minimum atomic E-state index is 0.483. The number of ether oxygens (including phenoxy) is 1. The predicted molar refractivity (Wildman–Crippen MR) is 87.4 cm³/mol. The van der Waals surface area contributed by atoms with Crippen LogP contribution in [0.3, 0.4) is 0 Å². The summed E-state index contributed by atoms with van der Waals surface area (Å²) < 4.78 is 5.72. The standard InChI is InChI=1S/C18H31NO/c1-4-7-9-10-18(19-6-3)16-11-13-17(14-12-16)20-15-8-5-2/h11-14,18-19H,4-10,15H2,1-3H3. The molecule has 0 aromatic heterocycles. The van der Waals surface area contributed by atoms with Gasteiger partial charge in [-0.15, -0.1) is 0 Å².